The Labute approximate surface area is 110 Å². The highest BCUT2D eigenvalue weighted by molar-refractivity contribution is 5.93. The van der Waals surface area contributed by atoms with Crippen molar-refractivity contribution in [2.24, 2.45) is 5.73 Å². The third kappa shape index (κ3) is 2.02. The molecule has 96 valence electrons. The molecule has 19 heavy (non-hydrogen) atoms. The minimum Gasteiger partial charge on any atom is -0.461 e. The highest BCUT2D eigenvalue weighted by Crippen LogP contribution is 2.33. The molecule has 1 heterocycles. The number of hydrogen-bond donors (Lipinski definition) is 1. The van der Waals surface area contributed by atoms with Crippen molar-refractivity contribution in [2.45, 2.75) is 13.5 Å². The molecule has 0 aliphatic heterocycles. The van der Waals surface area contributed by atoms with Crippen LogP contribution in [0.15, 0.2) is 46.9 Å². The van der Waals surface area contributed by atoms with Crippen LogP contribution in [0.4, 0.5) is 4.39 Å². The molecular weight excluding hydrogens is 241 g/mol. The van der Waals surface area contributed by atoms with Crippen molar-refractivity contribution in [2.75, 3.05) is 0 Å². The van der Waals surface area contributed by atoms with E-state index in [1.807, 2.05) is 37.3 Å². The van der Waals surface area contributed by atoms with E-state index >= 15 is 0 Å². The van der Waals surface area contributed by atoms with E-state index < -0.39 is 0 Å². The van der Waals surface area contributed by atoms with E-state index in [4.69, 9.17) is 10.2 Å². The molecule has 2 nitrogen and oxygen atoms in total. The molecule has 0 aliphatic carbocycles. The lowest BCUT2D eigenvalue weighted by atomic mass is 9.98. The van der Waals surface area contributed by atoms with Crippen molar-refractivity contribution in [3.8, 4) is 11.1 Å². The molecule has 0 saturated carbocycles. The summed E-state index contributed by atoms with van der Waals surface area (Å²) in [4.78, 5) is 0. The largest absolute Gasteiger partial charge is 0.461 e. The lowest BCUT2D eigenvalue weighted by molar-refractivity contribution is 0.577. The zero-order chi connectivity index (χ0) is 13.4. The fourth-order valence-electron chi connectivity index (χ4n) is 2.41. The highest BCUT2D eigenvalue weighted by atomic mass is 19.1. The van der Waals surface area contributed by atoms with Crippen LogP contribution in [0, 0.1) is 12.7 Å². The molecule has 0 atom stereocenters. The van der Waals surface area contributed by atoms with Gasteiger partial charge in [-0.1, -0.05) is 24.3 Å². The number of furan rings is 1. The van der Waals surface area contributed by atoms with Crippen LogP contribution in [-0.2, 0) is 6.54 Å². The van der Waals surface area contributed by atoms with Gasteiger partial charge in [-0.2, -0.15) is 0 Å². The number of rotatable bonds is 2. The Kier molecular flexibility index (Phi) is 2.84. The molecule has 0 bridgehead atoms. The van der Waals surface area contributed by atoms with Gasteiger partial charge >= 0.3 is 0 Å². The zero-order valence-electron chi connectivity index (χ0n) is 10.6. The number of hydrogen-bond acceptors (Lipinski definition) is 2. The van der Waals surface area contributed by atoms with Crippen molar-refractivity contribution in [3.05, 3.63) is 59.6 Å². The van der Waals surface area contributed by atoms with Gasteiger partial charge in [0.15, 0.2) is 0 Å². The Hall–Kier alpha value is -2.13. The molecule has 1 aromatic heterocycles. The molecule has 0 radical (unpaired) electrons. The van der Waals surface area contributed by atoms with Crippen LogP contribution in [0.2, 0.25) is 0 Å². The van der Waals surface area contributed by atoms with E-state index in [0.29, 0.717) is 12.1 Å². The number of nitrogens with two attached hydrogens (primary N) is 1. The predicted octanol–water partition coefficient (Wildman–Crippen LogP) is 4.01. The standard InChI is InChI=1S/C16H14FNO/c1-10-6-12-7-13(17)8-15(16(12)19-10)14-5-3-2-4-11(14)9-18/h2-8H,9,18H2,1H3. The maximum Gasteiger partial charge on any atom is 0.142 e. The zero-order valence-corrected chi connectivity index (χ0v) is 10.6. The molecule has 0 saturated heterocycles. The maximum absolute atomic E-state index is 13.8. The highest BCUT2D eigenvalue weighted by Gasteiger charge is 2.13. The fourth-order valence-corrected chi connectivity index (χ4v) is 2.41. The molecule has 0 spiro atoms. The Bertz CT molecular complexity index is 746. The van der Waals surface area contributed by atoms with Gasteiger partial charge in [0.2, 0.25) is 0 Å². The second-order valence-corrected chi connectivity index (χ2v) is 4.59. The number of aryl methyl sites for hydroxylation is 1. The summed E-state index contributed by atoms with van der Waals surface area (Å²) in [6.45, 7) is 2.27. The third-order valence-corrected chi connectivity index (χ3v) is 3.23. The predicted molar refractivity (Wildman–Crippen MR) is 74.2 cm³/mol. The Morgan fingerprint density at radius 3 is 2.68 bits per heavy atom. The Morgan fingerprint density at radius 1 is 1.11 bits per heavy atom. The van der Waals surface area contributed by atoms with Crippen molar-refractivity contribution >= 4 is 11.0 Å². The van der Waals surface area contributed by atoms with Gasteiger partial charge in [-0.15, -0.1) is 0 Å². The lowest BCUT2D eigenvalue weighted by Crippen LogP contribution is -1.98. The minimum atomic E-state index is -0.268. The van der Waals surface area contributed by atoms with E-state index in [1.54, 1.807) is 0 Å². The van der Waals surface area contributed by atoms with E-state index in [0.717, 1.165) is 27.8 Å². The van der Waals surface area contributed by atoms with Gasteiger partial charge in [-0.3, -0.25) is 0 Å². The van der Waals surface area contributed by atoms with Gasteiger partial charge < -0.3 is 10.2 Å². The minimum absolute atomic E-state index is 0.268. The average Bonchev–Trinajstić information content (AvgIpc) is 2.77. The number of fused-ring (bicyclic) bond motifs is 1. The van der Waals surface area contributed by atoms with Crippen LogP contribution in [0.1, 0.15) is 11.3 Å². The smallest absolute Gasteiger partial charge is 0.142 e. The van der Waals surface area contributed by atoms with Crippen LogP contribution >= 0.6 is 0 Å². The Balaban J connectivity index is 2.35. The average molecular weight is 255 g/mol. The maximum atomic E-state index is 13.8. The van der Waals surface area contributed by atoms with Gasteiger partial charge in [0, 0.05) is 17.5 Å². The van der Waals surface area contributed by atoms with Gasteiger partial charge in [-0.05, 0) is 36.2 Å². The van der Waals surface area contributed by atoms with Crippen LogP contribution < -0.4 is 5.73 Å². The molecule has 0 fully saturated rings. The van der Waals surface area contributed by atoms with Gasteiger partial charge in [0.25, 0.3) is 0 Å². The SMILES string of the molecule is Cc1cc2cc(F)cc(-c3ccccc3CN)c2o1. The van der Waals surface area contributed by atoms with Crippen molar-refractivity contribution in [1.29, 1.82) is 0 Å². The Morgan fingerprint density at radius 2 is 1.89 bits per heavy atom. The second kappa shape index (κ2) is 4.52. The first-order valence-electron chi connectivity index (χ1n) is 6.17. The molecule has 0 aliphatic rings. The molecule has 2 N–H and O–H groups in total. The molecule has 2 aromatic carbocycles. The summed E-state index contributed by atoms with van der Waals surface area (Å²) in [6.07, 6.45) is 0. The second-order valence-electron chi connectivity index (χ2n) is 4.59. The molecular formula is C16H14FNO. The summed E-state index contributed by atoms with van der Waals surface area (Å²) >= 11 is 0. The lowest BCUT2D eigenvalue weighted by Gasteiger charge is -2.08. The van der Waals surface area contributed by atoms with Gasteiger partial charge in [0.1, 0.15) is 17.2 Å². The molecule has 3 aromatic rings. The van der Waals surface area contributed by atoms with Crippen molar-refractivity contribution < 1.29 is 8.81 Å². The molecule has 0 unspecified atom stereocenters. The molecule has 0 amide bonds. The first-order chi connectivity index (χ1) is 9.19. The van der Waals surface area contributed by atoms with E-state index in [9.17, 15) is 4.39 Å². The van der Waals surface area contributed by atoms with Crippen LogP contribution in [-0.4, -0.2) is 0 Å². The first kappa shape index (κ1) is 11.9. The summed E-state index contributed by atoms with van der Waals surface area (Å²) < 4.78 is 19.5. The fraction of sp³-hybridized carbons (Fsp3) is 0.125. The van der Waals surface area contributed by atoms with E-state index in [-0.39, 0.29) is 5.82 Å². The monoisotopic (exact) mass is 255 g/mol. The molecule has 3 heteroatoms. The topological polar surface area (TPSA) is 39.2 Å². The quantitative estimate of drug-likeness (QED) is 0.751. The summed E-state index contributed by atoms with van der Waals surface area (Å²) in [5.41, 5.74) is 9.11. The summed E-state index contributed by atoms with van der Waals surface area (Å²) in [5.74, 6) is 0.502. The van der Waals surface area contributed by atoms with Crippen LogP contribution in [0.25, 0.3) is 22.1 Å². The van der Waals surface area contributed by atoms with Crippen molar-refractivity contribution in [1.82, 2.24) is 0 Å². The summed E-state index contributed by atoms with van der Waals surface area (Å²) in [7, 11) is 0. The van der Waals surface area contributed by atoms with E-state index in [1.165, 1.54) is 12.1 Å². The van der Waals surface area contributed by atoms with Crippen molar-refractivity contribution in [3.63, 3.8) is 0 Å². The van der Waals surface area contributed by atoms with Crippen LogP contribution in [0.3, 0.4) is 0 Å². The number of benzene rings is 2. The van der Waals surface area contributed by atoms with E-state index in [2.05, 4.69) is 0 Å². The summed E-state index contributed by atoms with van der Waals surface area (Å²) in [5, 5.41) is 0.777. The van der Waals surface area contributed by atoms with Crippen LogP contribution in [0.5, 0.6) is 0 Å². The van der Waals surface area contributed by atoms with Gasteiger partial charge in [0.05, 0.1) is 0 Å². The molecule has 3 rings (SSSR count). The summed E-state index contributed by atoms with van der Waals surface area (Å²) in [6, 6.07) is 12.6. The normalized spacial score (nSPS) is 11.1. The van der Waals surface area contributed by atoms with Gasteiger partial charge in [-0.25, -0.2) is 4.39 Å². The third-order valence-electron chi connectivity index (χ3n) is 3.23. The first-order valence-corrected chi connectivity index (χ1v) is 6.17. The number of halogens is 1.